The van der Waals surface area contributed by atoms with E-state index in [1.54, 1.807) is 17.9 Å². The summed E-state index contributed by atoms with van der Waals surface area (Å²) in [5.74, 6) is -0.907. The normalized spacial score (nSPS) is 17.1. The summed E-state index contributed by atoms with van der Waals surface area (Å²) in [6.45, 7) is 3.52. The Morgan fingerprint density at radius 2 is 2.43 bits per heavy atom. The van der Waals surface area contributed by atoms with Gasteiger partial charge in [-0.25, -0.2) is 9.59 Å². The van der Waals surface area contributed by atoms with Crippen molar-refractivity contribution in [2.24, 2.45) is 0 Å². The van der Waals surface area contributed by atoms with Crippen LogP contribution in [0, 0.1) is 0 Å². The zero-order valence-electron chi connectivity index (χ0n) is 8.12. The van der Waals surface area contributed by atoms with Crippen molar-refractivity contribution in [3.05, 3.63) is 11.6 Å². The minimum absolute atomic E-state index is 0.0635. The number of rotatable bonds is 4. The Hall–Kier alpha value is -1.52. The number of carbonyl (C=O) groups is 2. The van der Waals surface area contributed by atoms with Crippen LogP contribution in [0.3, 0.4) is 0 Å². The van der Waals surface area contributed by atoms with Gasteiger partial charge in [-0.05, 0) is 13.3 Å². The van der Waals surface area contributed by atoms with Crippen molar-refractivity contribution in [2.45, 2.75) is 13.3 Å². The van der Waals surface area contributed by atoms with Crippen molar-refractivity contribution in [1.82, 2.24) is 10.2 Å². The molecule has 0 bridgehead atoms. The van der Waals surface area contributed by atoms with Crippen LogP contribution in [-0.2, 0) is 4.79 Å². The quantitative estimate of drug-likeness (QED) is 0.644. The Balaban J connectivity index is 2.30. The number of amides is 2. The second-order valence-corrected chi connectivity index (χ2v) is 3.20. The highest BCUT2D eigenvalue weighted by Crippen LogP contribution is 2.01. The van der Waals surface area contributed by atoms with Crippen LogP contribution >= 0.6 is 0 Å². The first kappa shape index (κ1) is 10.6. The second kappa shape index (κ2) is 4.64. The van der Waals surface area contributed by atoms with Crippen LogP contribution in [0.25, 0.3) is 0 Å². The Morgan fingerprint density at radius 3 is 2.93 bits per heavy atom. The third-order valence-electron chi connectivity index (χ3n) is 2.13. The number of carbonyl (C=O) groups excluding carboxylic acids is 1. The first-order chi connectivity index (χ1) is 6.61. The van der Waals surface area contributed by atoms with Crippen LogP contribution in [0.2, 0.25) is 0 Å². The van der Waals surface area contributed by atoms with Gasteiger partial charge < -0.3 is 15.3 Å². The van der Waals surface area contributed by atoms with Gasteiger partial charge >= 0.3 is 12.0 Å². The van der Waals surface area contributed by atoms with Crippen molar-refractivity contribution in [3.8, 4) is 0 Å². The van der Waals surface area contributed by atoms with Crippen LogP contribution < -0.4 is 5.32 Å². The van der Waals surface area contributed by atoms with Gasteiger partial charge in [0.1, 0.15) is 0 Å². The second-order valence-electron chi connectivity index (χ2n) is 3.20. The topological polar surface area (TPSA) is 69.6 Å². The largest absolute Gasteiger partial charge is 0.478 e. The smallest absolute Gasteiger partial charge is 0.330 e. The molecule has 1 aliphatic heterocycles. The summed E-state index contributed by atoms with van der Waals surface area (Å²) in [6.07, 6.45) is 2.22. The van der Waals surface area contributed by atoms with Gasteiger partial charge in [-0.15, -0.1) is 0 Å². The third-order valence-corrected chi connectivity index (χ3v) is 2.13. The zero-order chi connectivity index (χ0) is 10.6. The van der Waals surface area contributed by atoms with Crippen molar-refractivity contribution < 1.29 is 14.7 Å². The van der Waals surface area contributed by atoms with Gasteiger partial charge in [0.2, 0.25) is 0 Å². The monoisotopic (exact) mass is 198 g/mol. The minimum Gasteiger partial charge on any atom is -0.478 e. The molecule has 0 aliphatic carbocycles. The minimum atomic E-state index is -0.907. The predicted octanol–water partition coefficient (Wildman–Crippen LogP) is 0.433. The number of nitrogens with one attached hydrogen (secondary N) is 1. The molecule has 0 atom stereocenters. The first-order valence-electron chi connectivity index (χ1n) is 4.54. The molecule has 0 aromatic rings. The lowest BCUT2D eigenvalue weighted by molar-refractivity contribution is -0.132. The number of carboxylic acids is 1. The van der Waals surface area contributed by atoms with E-state index < -0.39 is 5.97 Å². The van der Waals surface area contributed by atoms with Gasteiger partial charge in [0.05, 0.1) is 0 Å². The third kappa shape index (κ3) is 2.76. The molecule has 2 N–H and O–H groups in total. The highest BCUT2D eigenvalue weighted by atomic mass is 16.4. The standard InChI is InChI=1S/C9H14N2O3/c1-7(8(12)13)3-2-5-11-6-4-10-9(11)14/h3H,2,4-6H2,1H3,(H,10,14)(H,12,13)/b7-3+. The maximum Gasteiger partial charge on any atom is 0.330 e. The molecule has 1 aliphatic rings. The highest BCUT2D eigenvalue weighted by molar-refractivity contribution is 5.85. The lowest BCUT2D eigenvalue weighted by atomic mass is 10.2. The number of hydrogen-bond acceptors (Lipinski definition) is 2. The van der Waals surface area contributed by atoms with Crippen molar-refractivity contribution >= 4 is 12.0 Å². The van der Waals surface area contributed by atoms with Crippen molar-refractivity contribution in [2.75, 3.05) is 19.6 Å². The summed E-state index contributed by atoms with van der Waals surface area (Å²) < 4.78 is 0. The summed E-state index contributed by atoms with van der Waals surface area (Å²) in [5.41, 5.74) is 0.324. The van der Waals surface area contributed by atoms with Crippen LogP contribution in [0.5, 0.6) is 0 Å². The lowest BCUT2D eigenvalue weighted by Crippen LogP contribution is -2.28. The van der Waals surface area contributed by atoms with Gasteiger partial charge in [0, 0.05) is 25.2 Å². The molecule has 0 unspecified atom stereocenters. The highest BCUT2D eigenvalue weighted by Gasteiger charge is 2.17. The van der Waals surface area contributed by atoms with E-state index >= 15 is 0 Å². The zero-order valence-corrected chi connectivity index (χ0v) is 8.12. The molecular weight excluding hydrogens is 184 g/mol. The van der Waals surface area contributed by atoms with Crippen LogP contribution in [0.1, 0.15) is 13.3 Å². The summed E-state index contributed by atoms with van der Waals surface area (Å²) in [5, 5.41) is 11.2. The maximum atomic E-state index is 11.1. The van der Waals surface area contributed by atoms with E-state index in [0.29, 0.717) is 31.6 Å². The Morgan fingerprint density at radius 1 is 1.71 bits per heavy atom. The van der Waals surface area contributed by atoms with E-state index in [9.17, 15) is 9.59 Å². The van der Waals surface area contributed by atoms with Gasteiger partial charge in [-0.2, -0.15) is 0 Å². The van der Waals surface area contributed by atoms with Crippen LogP contribution in [0.15, 0.2) is 11.6 Å². The number of carboxylic acid groups (broad SMARTS) is 1. The molecule has 0 saturated carbocycles. The van der Waals surface area contributed by atoms with Crippen LogP contribution in [-0.4, -0.2) is 41.6 Å². The molecule has 0 spiro atoms. The number of aliphatic carboxylic acids is 1. The maximum absolute atomic E-state index is 11.1. The fourth-order valence-corrected chi connectivity index (χ4v) is 1.25. The summed E-state index contributed by atoms with van der Waals surface area (Å²) in [4.78, 5) is 23.2. The first-order valence-corrected chi connectivity index (χ1v) is 4.54. The number of hydrogen-bond donors (Lipinski definition) is 2. The molecule has 1 saturated heterocycles. The van der Waals surface area contributed by atoms with Crippen molar-refractivity contribution in [3.63, 3.8) is 0 Å². The van der Waals surface area contributed by atoms with Gasteiger partial charge in [-0.1, -0.05) is 6.08 Å². The molecule has 0 aromatic heterocycles. The Kier molecular flexibility index (Phi) is 3.50. The molecule has 1 heterocycles. The molecule has 0 radical (unpaired) electrons. The molecule has 1 fully saturated rings. The lowest BCUT2D eigenvalue weighted by Gasteiger charge is -2.11. The molecule has 2 amide bonds. The van der Waals surface area contributed by atoms with Gasteiger partial charge in [0.25, 0.3) is 0 Å². The molecule has 14 heavy (non-hydrogen) atoms. The van der Waals surface area contributed by atoms with E-state index in [4.69, 9.17) is 5.11 Å². The number of urea groups is 1. The molecule has 5 nitrogen and oxygen atoms in total. The van der Waals surface area contributed by atoms with Crippen molar-refractivity contribution in [1.29, 1.82) is 0 Å². The number of nitrogens with zero attached hydrogens (tertiary/aromatic N) is 1. The molecule has 1 rings (SSSR count). The molecular formula is C9H14N2O3. The van der Waals surface area contributed by atoms with E-state index in [1.807, 2.05) is 0 Å². The summed E-state index contributed by atoms with van der Waals surface area (Å²) >= 11 is 0. The molecule has 5 heteroatoms. The van der Waals surface area contributed by atoms with E-state index in [0.717, 1.165) is 0 Å². The van der Waals surface area contributed by atoms with Gasteiger partial charge in [-0.3, -0.25) is 0 Å². The van der Waals surface area contributed by atoms with Crippen LogP contribution in [0.4, 0.5) is 4.79 Å². The molecule has 78 valence electrons. The van der Waals surface area contributed by atoms with E-state index in [2.05, 4.69) is 5.32 Å². The Bertz CT molecular complexity index is 273. The fourth-order valence-electron chi connectivity index (χ4n) is 1.25. The summed E-state index contributed by atoms with van der Waals surface area (Å²) in [7, 11) is 0. The van der Waals surface area contributed by atoms with Gasteiger partial charge in [0.15, 0.2) is 0 Å². The summed E-state index contributed by atoms with van der Waals surface area (Å²) in [6, 6.07) is -0.0635. The van der Waals surface area contributed by atoms with E-state index in [1.165, 1.54) is 0 Å². The molecule has 0 aromatic carbocycles. The SMILES string of the molecule is C/C(=C\CCN1CCNC1=O)C(=O)O. The average Bonchev–Trinajstić information content (AvgIpc) is 2.51. The average molecular weight is 198 g/mol. The fraction of sp³-hybridized carbons (Fsp3) is 0.556. The van der Waals surface area contributed by atoms with E-state index in [-0.39, 0.29) is 6.03 Å². The predicted molar refractivity (Wildman–Crippen MR) is 51.0 cm³/mol. The Labute approximate surface area is 82.4 Å².